The van der Waals surface area contributed by atoms with E-state index in [1.54, 1.807) is 0 Å². The van der Waals surface area contributed by atoms with Crippen LogP contribution in [0.1, 0.15) is 50.5 Å². The van der Waals surface area contributed by atoms with Crippen LogP contribution in [0.2, 0.25) is 0 Å². The van der Waals surface area contributed by atoms with Gasteiger partial charge in [-0.3, -0.25) is 0 Å². The molecule has 1 unspecified atom stereocenters. The zero-order chi connectivity index (χ0) is 13.8. The summed E-state index contributed by atoms with van der Waals surface area (Å²) < 4.78 is 1.22. The maximum Gasteiger partial charge on any atom is 0.0177 e. The van der Waals surface area contributed by atoms with E-state index >= 15 is 0 Å². The van der Waals surface area contributed by atoms with Gasteiger partial charge in [-0.1, -0.05) is 60.2 Å². The first-order valence-corrected chi connectivity index (χ1v) is 9.08. The third-order valence-corrected chi connectivity index (χ3v) is 5.44. The second-order valence-corrected chi connectivity index (χ2v) is 7.59. The van der Waals surface area contributed by atoms with Crippen molar-refractivity contribution in [2.24, 2.45) is 11.8 Å². The van der Waals surface area contributed by atoms with Gasteiger partial charge in [-0.2, -0.15) is 0 Å². The quantitative estimate of drug-likeness (QED) is 0.776. The van der Waals surface area contributed by atoms with Gasteiger partial charge in [0, 0.05) is 10.5 Å². The van der Waals surface area contributed by atoms with E-state index in [0.29, 0.717) is 0 Å². The number of benzene rings is 1. The number of halogens is 1. The smallest absolute Gasteiger partial charge is 0.0177 e. The fourth-order valence-electron chi connectivity index (χ4n) is 3.58. The summed E-state index contributed by atoms with van der Waals surface area (Å²) in [5.74, 6) is 1.76. The molecular formula is C18H26BrN. The van der Waals surface area contributed by atoms with Gasteiger partial charge in [-0.15, -0.1) is 0 Å². The van der Waals surface area contributed by atoms with Gasteiger partial charge in [-0.05, 0) is 55.3 Å². The Morgan fingerprint density at radius 3 is 2.60 bits per heavy atom. The molecule has 2 aliphatic carbocycles. The number of nitrogens with one attached hydrogen (secondary N) is 1. The van der Waals surface area contributed by atoms with E-state index in [-0.39, 0.29) is 0 Å². The molecule has 1 N–H and O–H groups in total. The average Bonchev–Trinajstić information content (AvgIpc) is 3.29. The van der Waals surface area contributed by atoms with Gasteiger partial charge >= 0.3 is 0 Å². The highest BCUT2D eigenvalue weighted by Gasteiger charge is 2.27. The van der Waals surface area contributed by atoms with Crippen molar-refractivity contribution in [3.05, 3.63) is 34.3 Å². The Balaban J connectivity index is 1.63. The fourth-order valence-corrected chi connectivity index (χ4v) is 4.03. The molecule has 110 valence electrons. The Morgan fingerprint density at radius 2 is 1.90 bits per heavy atom. The fraction of sp³-hybridized carbons (Fsp3) is 0.667. The molecule has 2 saturated carbocycles. The summed E-state index contributed by atoms with van der Waals surface area (Å²) in [7, 11) is 0. The molecule has 0 heterocycles. The average molecular weight is 336 g/mol. The van der Waals surface area contributed by atoms with Crippen LogP contribution >= 0.6 is 15.9 Å². The topological polar surface area (TPSA) is 12.0 Å². The molecule has 2 fully saturated rings. The summed E-state index contributed by atoms with van der Waals surface area (Å²) in [6, 6.07) is 9.72. The van der Waals surface area contributed by atoms with Crippen LogP contribution in [0.25, 0.3) is 0 Å². The van der Waals surface area contributed by atoms with E-state index in [1.807, 2.05) is 0 Å². The van der Waals surface area contributed by atoms with E-state index in [2.05, 4.69) is 45.5 Å². The van der Waals surface area contributed by atoms with Crippen LogP contribution in [0, 0.1) is 11.8 Å². The largest absolute Gasteiger partial charge is 0.314 e. The van der Waals surface area contributed by atoms with Gasteiger partial charge in [0.05, 0.1) is 0 Å². The molecule has 0 saturated heterocycles. The lowest BCUT2D eigenvalue weighted by Crippen LogP contribution is -2.32. The first-order valence-electron chi connectivity index (χ1n) is 8.29. The van der Waals surface area contributed by atoms with Crippen LogP contribution in [-0.2, 0) is 6.42 Å². The highest BCUT2D eigenvalue weighted by molar-refractivity contribution is 9.10. The molecule has 2 heteroatoms. The molecule has 0 aliphatic heterocycles. The van der Waals surface area contributed by atoms with Crippen molar-refractivity contribution in [2.45, 2.75) is 57.4 Å². The zero-order valence-electron chi connectivity index (χ0n) is 12.3. The summed E-state index contributed by atoms with van der Waals surface area (Å²) in [5.41, 5.74) is 1.49. The van der Waals surface area contributed by atoms with Crippen molar-refractivity contribution in [3.63, 3.8) is 0 Å². The molecule has 2 aliphatic rings. The lowest BCUT2D eigenvalue weighted by molar-refractivity contribution is 0.239. The van der Waals surface area contributed by atoms with Gasteiger partial charge in [0.2, 0.25) is 0 Å². The third-order valence-electron chi connectivity index (χ3n) is 4.95. The molecule has 1 aromatic rings. The highest BCUT2D eigenvalue weighted by atomic mass is 79.9. The molecule has 1 aromatic carbocycles. The normalized spacial score (nSPS) is 21.9. The van der Waals surface area contributed by atoms with E-state index in [4.69, 9.17) is 0 Å². The first-order chi connectivity index (χ1) is 9.81. The summed E-state index contributed by atoms with van der Waals surface area (Å²) in [6.45, 7) is 1.22. The molecule has 20 heavy (non-hydrogen) atoms. The molecule has 0 aromatic heterocycles. The van der Waals surface area contributed by atoms with Crippen LogP contribution in [0.15, 0.2) is 28.7 Å². The molecule has 1 nitrogen and oxygen atoms in total. The number of rotatable bonds is 6. The van der Waals surface area contributed by atoms with Crippen molar-refractivity contribution in [1.82, 2.24) is 5.32 Å². The predicted octanol–water partition coefficient (Wildman–Crippen LogP) is 4.94. The minimum absolute atomic E-state index is 0.824. The third kappa shape index (κ3) is 4.33. The minimum Gasteiger partial charge on any atom is -0.314 e. The van der Waals surface area contributed by atoms with Gasteiger partial charge in [0.25, 0.3) is 0 Å². The number of hydrogen-bond acceptors (Lipinski definition) is 1. The molecule has 1 atom stereocenters. The predicted molar refractivity (Wildman–Crippen MR) is 88.9 cm³/mol. The van der Waals surface area contributed by atoms with E-state index in [1.165, 1.54) is 67.9 Å². The summed E-state index contributed by atoms with van der Waals surface area (Å²) in [4.78, 5) is 0. The lowest BCUT2D eigenvalue weighted by atomic mass is 9.77. The molecule has 0 radical (unpaired) electrons. The Kier molecular flexibility index (Phi) is 5.17. The van der Waals surface area contributed by atoms with Gasteiger partial charge in [0.15, 0.2) is 0 Å². The van der Waals surface area contributed by atoms with E-state index in [0.717, 1.165) is 17.9 Å². The lowest BCUT2D eigenvalue weighted by Gasteiger charge is -2.31. The van der Waals surface area contributed by atoms with E-state index in [9.17, 15) is 0 Å². The summed E-state index contributed by atoms with van der Waals surface area (Å²) in [5, 5.41) is 3.78. The second-order valence-electron chi connectivity index (χ2n) is 6.67. The monoisotopic (exact) mass is 335 g/mol. The van der Waals surface area contributed by atoms with Crippen LogP contribution in [-0.4, -0.2) is 12.6 Å². The van der Waals surface area contributed by atoms with Gasteiger partial charge in [-0.25, -0.2) is 0 Å². The second kappa shape index (κ2) is 7.09. The Morgan fingerprint density at radius 1 is 1.10 bits per heavy atom. The Labute approximate surface area is 131 Å². The van der Waals surface area contributed by atoms with Crippen LogP contribution in [0.4, 0.5) is 0 Å². The van der Waals surface area contributed by atoms with Crippen molar-refractivity contribution in [1.29, 1.82) is 0 Å². The van der Waals surface area contributed by atoms with Crippen molar-refractivity contribution in [3.8, 4) is 0 Å². The van der Waals surface area contributed by atoms with Gasteiger partial charge in [0.1, 0.15) is 0 Å². The summed E-state index contributed by atoms with van der Waals surface area (Å²) >= 11 is 3.60. The van der Waals surface area contributed by atoms with E-state index < -0.39 is 0 Å². The van der Waals surface area contributed by atoms with Crippen molar-refractivity contribution in [2.75, 3.05) is 6.54 Å². The number of hydrogen-bond donors (Lipinski definition) is 1. The SMILES string of the molecule is Brc1cccc(CC(CNC2CC2)C2CCCCC2)c1. The maximum atomic E-state index is 3.78. The Bertz CT molecular complexity index is 421. The molecule has 3 rings (SSSR count). The molecule has 0 bridgehead atoms. The first kappa shape index (κ1) is 14.6. The molecule has 0 spiro atoms. The molecule has 0 amide bonds. The summed E-state index contributed by atoms with van der Waals surface area (Å²) in [6.07, 6.45) is 11.3. The van der Waals surface area contributed by atoms with Crippen LogP contribution < -0.4 is 5.32 Å². The molecular weight excluding hydrogens is 310 g/mol. The Hall–Kier alpha value is -0.340. The standard InChI is InChI=1S/C18H26BrN/c19-17-8-4-5-14(12-17)11-16(13-20-18-9-10-18)15-6-2-1-3-7-15/h4-5,8,12,15-16,18,20H,1-3,6-7,9-11,13H2. The maximum absolute atomic E-state index is 3.78. The van der Waals surface area contributed by atoms with Gasteiger partial charge < -0.3 is 5.32 Å². The highest BCUT2D eigenvalue weighted by Crippen LogP contribution is 2.32. The minimum atomic E-state index is 0.824. The van der Waals surface area contributed by atoms with Crippen LogP contribution in [0.5, 0.6) is 0 Å². The van der Waals surface area contributed by atoms with Crippen LogP contribution in [0.3, 0.4) is 0 Å². The zero-order valence-corrected chi connectivity index (χ0v) is 13.9. The van der Waals surface area contributed by atoms with Crippen molar-refractivity contribution < 1.29 is 0 Å². The van der Waals surface area contributed by atoms with Crippen molar-refractivity contribution >= 4 is 15.9 Å².